The van der Waals surface area contributed by atoms with E-state index in [0.29, 0.717) is 0 Å². The van der Waals surface area contributed by atoms with Gasteiger partial charge in [-0.2, -0.15) is 0 Å². The number of thiophene rings is 1. The summed E-state index contributed by atoms with van der Waals surface area (Å²) in [6.45, 7) is 1.44. The monoisotopic (exact) mass is 298 g/mol. The van der Waals surface area contributed by atoms with Crippen LogP contribution in [0.4, 0.5) is 0 Å². The van der Waals surface area contributed by atoms with Gasteiger partial charge in [-0.1, -0.05) is 18.2 Å². The minimum Gasteiger partial charge on any atom is -0.481 e. The van der Waals surface area contributed by atoms with Gasteiger partial charge in [-0.3, -0.25) is 4.79 Å². The topological polar surface area (TPSA) is 71.4 Å². The highest BCUT2D eigenvalue weighted by atomic mass is 32.2. The number of hydrogen-bond donors (Lipinski definition) is 1. The molecule has 4 nitrogen and oxygen atoms in total. The van der Waals surface area contributed by atoms with Crippen molar-refractivity contribution in [2.45, 2.75) is 24.3 Å². The van der Waals surface area contributed by atoms with Crippen molar-refractivity contribution in [3.8, 4) is 0 Å². The van der Waals surface area contributed by atoms with E-state index in [-0.39, 0.29) is 12.2 Å². The van der Waals surface area contributed by atoms with Gasteiger partial charge in [0.25, 0.3) is 0 Å². The highest BCUT2D eigenvalue weighted by Gasteiger charge is 2.24. The van der Waals surface area contributed by atoms with E-state index in [1.807, 2.05) is 29.6 Å². The van der Waals surface area contributed by atoms with Crippen molar-refractivity contribution in [1.82, 2.24) is 0 Å². The smallest absolute Gasteiger partial charge is 0.304 e. The van der Waals surface area contributed by atoms with Crippen LogP contribution in [0.2, 0.25) is 0 Å². The zero-order valence-electron chi connectivity index (χ0n) is 10.4. The lowest BCUT2D eigenvalue weighted by Gasteiger charge is -2.10. The molecule has 102 valence electrons. The number of carboxylic acids is 1. The van der Waals surface area contributed by atoms with E-state index in [2.05, 4.69) is 0 Å². The third-order valence-corrected chi connectivity index (χ3v) is 6.11. The highest BCUT2D eigenvalue weighted by Crippen LogP contribution is 2.28. The predicted octanol–water partition coefficient (Wildman–Crippen LogP) is 2.68. The summed E-state index contributed by atoms with van der Waals surface area (Å²) < 4.78 is 25.3. The highest BCUT2D eigenvalue weighted by molar-refractivity contribution is 7.91. The van der Waals surface area contributed by atoms with E-state index >= 15 is 0 Å². The minimum atomic E-state index is -3.44. The Kier molecular flexibility index (Phi) is 3.91. The minimum absolute atomic E-state index is 0.106. The van der Waals surface area contributed by atoms with Gasteiger partial charge in [0.1, 0.15) is 0 Å². The number of carbonyl (C=O) groups is 1. The van der Waals surface area contributed by atoms with Gasteiger partial charge in [0.2, 0.25) is 0 Å². The predicted molar refractivity (Wildman–Crippen MR) is 76.2 cm³/mol. The molecule has 0 saturated carbocycles. The summed E-state index contributed by atoms with van der Waals surface area (Å²) in [5, 5.41) is 10.6. The fraction of sp³-hybridized carbons (Fsp3) is 0.308. The van der Waals surface area contributed by atoms with Crippen molar-refractivity contribution in [2.75, 3.05) is 0 Å². The zero-order valence-corrected chi connectivity index (χ0v) is 12.0. The Morgan fingerprint density at radius 1 is 1.37 bits per heavy atom. The lowest BCUT2D eigenvalue weighted by molar-refractivity contribution is -0.136. The molecule has 0 bridgehead atoms. The molecule has 0 aliphatic heterocycles. The van der Waals surface area contributed by atoms with E-state index in [4.69, 9.17) is 5.11 Å². The van der Waals surface area contributed by atoms with Crippen LogP contribution in [-0.4, -0.2) is 24.7 Å². The first-order chi connectivity index (χ1) is 8.90. The lowest BCUT2D eigenvalue weighted by atomic mass is 10.2. The maximum Gasteiger partial charge on any atom is 0.304 e. The van der Waals surface area contributed by atoms with Crippen LogP contribution in [0.5, 0.6) is 0 Å². The van der Waals surface area contributed by atoms with Crippen LogP contribution >= 0.6 is 11.3 Å². The summed E-state index contributed by atoms with van der Waals surface area (Å²) >= 11 is 1.50. The van der Waals surface area contributed by atoms with Gasteiger partial charge in [0.15, 0.2) is 9.84 Å². The Hall–Kier alpha value is -1.40. The lowest BCUT2D eigenvalue weighted by Crippen LogP contribution is -2.22. The third-order valence-electron chi connectivity index (χ3n) is 2.99. The standard InChI is InChI=1S/C13H14O4S2/c1-9(6-13(14)15)19(16,17)8-10-7-18-12-5-3-2-4-11(10)12/h2-5,7,9H,6,8H2,1H3,(H,14,15). The summed E-state index contributed by atoms with van der Waals surface area (Å²) in [4.78, 5) is 10.6. The summed E-state index contributed by atoms with van der Waals surface area (Å²) in [6, 6.07) is 7.60. The zero-order chi connectivity index (χ0) is 14.0. The number of benzene rings is 1. The third kappa shape index (κ3) is 3.13. The van der Waals surface area contributed by atoms with Gasteiger partial charge in [-0.15, -0.1) is 11.3 Å². The summed E-state index contributed by atoms with van der Waals surface area (Å²) in [7, 11) is -3.44. The summed E-state index contributed by atoms with van der Waals surface area (Å²) in [5.41, 5.74) is 0.748. The molecule has 1 aromatic carbocycles. The van der Waals surface area contributed by atoms with Crippen LogP contribution in [0.1, 0.15) is 18.9 Å². The van der Waals surface area contributed by atoms with E-state index in [9.17, 15) is 13.2 Å². The Balaban J connectivity index is 2.27. The fourth-order valence-electron chi connectivity index (χ4n) is 1.88. The van der Waals surface area contributed by atoms with Gasteiger partial charge in [0, 0.05) is 4.70 Å². The molecule has 1 N–H and O–H groups in total. The molecule has 2 rings (SSSR count). The first-order valence-electron chi connectivity index (χ1n) is 5.78. The van der Waals surface area contributed by atoms with Crippen molar-refractivity contribution in [1.29, 1.82) is 0 Å². The Morgan fingerprint density at radius 2 is 2.05 bits per heavy atom. The van der Waals surface area contributed by atoms with E-state index in [1.54, 1.807) is 0 Å². The van der Waals surface area contributed by atoms with Gasteiger partial charge >= 0.3 is 5.97 Å². The van der Waals surface area contributed by atoms with Gasteiger partial charge < -0.3 is 5.11 Å². The van der Waals surface area contributed by atoms with Crippen LogP contribution in [0.3, 0.4) is 0 Å². The molecule has 0 fully saturated rings. The number of aliphatic carboxylic acids is 1. The second kappa shape index (κ2) is 5.30. The van der Waals surface area contributed by atoms with Crippen LogP contribution in [-0.2, 0) is 20.4 Å². The maximum atomic E-state index is 12.1. The Morgan fingerprint density at radius 3 is 2.74 bits per heavy atom. The van der Waals surface area contributed by atoms with Gasteiger partial charge in [-0.25, -0.2) is 8.42 Å². The second-order valence-electron chi connectivity index (χ2n) is 4.47. The number of hydrogen-bond acceptors (Lipinski definition) is 4. The summed E-state index contributed by atoms with van der Waals surface area (Å²) in [6.07, 6.45) is -0.357. The molecule has 1 unspecified atom stereocenters. The summed E-state index contributed by atoms with van der Waals surface area (Å²) in [5.74, 6) is -1.20. The van der Waals surface area contributed by atoms with Crippen molar-refractivity contribution in [3.05, 3.63) is 35.2 Å². The molecule has 0 saturated heterocycles. The molecule has 2 aromatic rings. The van der Waals surface area contributed by atoms with E-state index < -0.39 is 21.1 Å². The van der Waals surface area contributed by atoms with Crippen LogP contribution in [0.15, 0.2) is 29.6 Å². The van der Waals surface area contributed by atoms with Crippen molar-refractivity contribution in [2.24, 2.45) is 0 Å². The molecular formula is C13H14O4S2. The number of rotatable bonds is 5. The average molecular weight is 298 g/mol. The van der Waals surface area contributed by atoms with Crippen LogP contribution in [0.25, 0.3) is 10.1 Å². The Bertz CT molecular complexity index is 700. The number of sulfone groups is 1. The SMILES string of the molecule is CC(CC(=O)O)S(=O)(=O)Cc1csc2ccccc12. The quantitative estimate of drug-likeness (QED) is 0.921. The Labute approximate surface area is 115 Å². The van der Waals surface area contributed by atoms with Crippen LogP contribution < -0.4 is 0 Å². The molecule has 0 aliphatic carbocycles. The largest absolute Gasteiger partial charge is 0.481 e. The molecule has 19 heavy (non-hydrogen) atoms. The van der Waals surface area contributed by atoms with Crippen molar-refractivity contribution in [3.63, 3.8) is 0 Å². The molecule has 1 aromatic heterocycles. The molecule has 0 spiro atoms. The van der Waals surface area contributed by atoms with Gasteiger partial charge in [0.05, 0.1) is 17.4 Å². The van der Waals surface area contributed by atoms with Crippen LogP contribution in [0, 0.1) is 0 Å². The molecule has 1 heterocycles. The maximum absolute atomic E-state index is 12.1. The first kappa shape index (κ1) is 14.0. The van der Waals surface area contributed by atoms with E-state index in [0.717, 1.165) is 15.6 Å². The average Bonchev–Trinajstić information content (AvgIpc) is 2.71. The number of fused-ring (bicyclic) bond motifs is 1. The molecule has 0 amide bonds. The van der Waals surface area contributed by atoms with Crippen molar-refractivity contribution >= 4 is 37.2 Å². The first-order valence-corrected chi connectivity index (χ1v) is 8.38. The second-order valence-corrected chi connectivity index (χ2v) is 7.80. The number of carboxylic acid groups (broad SMARTS) is 1. The fourth-order valence-corrected chi connectivity index (χ4v) is 4.30. The molecule has 6 heteroatoms. The molecular weight excluding hydrogens is 284 g/mol. The molecule has 1 atom stereocenters. The van der Waals surface area contributed by atoms with E-state index in [1.165, 1.54) is 18.3 Å². The molecule has 0 aliphatic rings. The normalized spacial score (nSPS) is 13.5. The van der Waals surface area contributed by atoms with Gasteiger partial charge in [-0.05, 0) is 29.3 Å². The molecule has 0 radical (unpaired) electrons. The van der Waals surface area contributed by atoms with Crippen molar-refractivity contribution < 1.29 is 18.3 Å².